The Balaban J connectivity index is 1.74. The highest BCUT2D eigenvalue weighted by Gasteiger charge is 2.58. The van der Waals surface area contributed by atoms with Gasteiger partial charge in [0.2, 0.25) is 0 Å². The smallest absolute Gasteiger partial charge is 0.300 e. The molecule has 0 spiro atoms. The summed E-state index contributed by atoms with van der Waals surface area (Å²) in [4.78, 5) is 33.0. The van der Waals surface area contributed by atoms with Crippen LogP contribution in [0.4, 0.5) is 9.59 Å². The number of carbonyl (C=O) groups is 2. The Morgan fingerprint density at radius 2 is 0.850 bits per heavy atom. The minimum atomic E-state index is -0.0359. The number of hydrogen-bond acceptors (Lipinski definition) is 2. The Morgan fingerprint density at radius 1 is 0.550 bits per heavy atom. The number of amides is 4. The van der Waals surface area contributed by atoms with Crippen molar-refractivity contribution in [3.05, 3.63) is 0 Å². The molecule has 0 aromatic heterocycles. The Bertz CT molecular complexity index is 369. The predicted octanol–water partition coefficient (Wildman–Crippen LogP) is 1.48. The maximum absolute atomic E-state index is 12.6. The molecule has 4 rings (SSSR count). The van der Waals surface area contributed by atoms with Crippen LogP contribution < -0.4 is 0 Å². The fourth-order valence-electron chi connectivity index (χ4n) is 4.16. The van der Waals surface area contributed by atoms with Crippen molar-refractivity contribution in [3.8, 4) is 0 Å². The van der Waals surface area contributed by atoms with Crippen molar-refractivity contribution in [1.29, 1.82) is 0 Å². The summed E-state index contributed by atoms with van der Waals surface area (Å²) in [6.07, 6.45) is 6.52. The minimum absolute atomic E-state index is 0.0359. The highest BCUT2D eigenvalue weighted by Crippen LogP contribution is 2.37. The summed E-state index contributed by atoms with van der Waals surface area (Å²) in [5.41, 5.74) is 0. The van der Waals surface area contributed by atoms with Crippen LogP contribution in [0.1, 0.15) is 38.5 Å². The van der Waals surface area contributed by atoms with Gasteiger partial charge in [-0.05, 0) is 38.5 Å². The van der Waals surface area contributed by atoms with E-state index in [1.54, 1.807) is 0 Å². The molecule has 4 aliphatic heterocycles. The Kier molecular flexibility index (Phi) is 2.79. The zero-order valence-corrected chi connectivity index (χ0v) is 11.8. The topological polar surface area (TPSA) is 47.1 Å². The van der Waals surface area contributed by atoms with E-state index in [9.17, 15) is 9.59 Å². The Morgan fingerprint density at radius 3 is 1.15 bits per heavy atom. The molecule has 0 saturated carbocycles. The lowest BCUT2D eigenvalue weighted by Gasteiger charge is -2.32. The zero-order chi connectivity index (χ0) is 13.7. The zero-order valence-electron chi connectivity index (χ0n) is 11.8. The lowest BCUT2D eigenvalue weighted by Crippen LogP contribution is -2.48. The van der Waals surface area contributed by atoms with Gasteiger partial charge in [0.05, 0.1) is 0 Å². The molecule has 4 amide bonds. The van der Waals surface area contributed by atoms with Gasteiger partial charge >= 0.3 is 12.1 Å². The van der Waals surface area contributed by atoms with Crippen molar-refractivity contribution in [2.24, 2.45) is 0 Å². The van der Waals surface area contributed by atoms with Gasteiger partial charge in [0, 0.05) is 26.2 Å². The van der Waals surface area contributed by atoms with Crippen molar-refractivity contribution in [1.82, 2.24) is 19.6 Å². The number of hydrogen-bond donors (Lipinski definition) is 0. The van der Waals surface area contributed by atoms with Crippen LogP contribution in [-0.4, -0.2) is 70.2 Å². The van der Waals surface area contributed by atoms with E-state index >= 15 is 0 Å². The average Bonchev–Trinajstić information content (AvgIpc) is 2.87. The molecule has 0 aliphatic carbocycles. The largest absolute Gasteiger partial charge is 0.323 e. The van der Waals surface area contributed by atoms with E-state index in [-0.39, 0.29) is 24.4 Å². The van der Waals surface area contributed by atoms with Crippen molar-refractivity contribution in [2.75, 3.05) is 26.2 Å². The van der Waals surface area contributed by atoms with Crippen LogP contribution in [0.15, 0.2) is 0 Å². The number of fused-ring (bicyclic) bond motifs is 9. The number of carbonyl (C=O) groups excluding carboxylic acids is 2. The van der Waals surface area contributed by atoms with E-state index in [1.807, 2.05) is 19.6 Å². The number of rotatable bonds is 0. The van der Waals surface area contributed by atoms with Gasteiger partial charge < -0.3 is 19.6 Å². The summed E-state index contributed by atoms with van der Waals surface area (Å²) in [5.74, 6) is 0. The van der Waals surface area contributed by atoms with Crippen LogP contribution in [0.5, 0.6) is 0 Å². The third kappa shape index (κ3) is 1.56. The van der Waals surface area contributed by atoms with E-state index in [2.05, 4.69) is 0 Å². The molecule has 4 bridgehead atoms. The average molecular weight is 278 g/mol. The third-order valence-electron chi connectivity index (χ3n) is 5.12. The highest BCUT2D eigenvalue weighted by molar-refractivity contribution is 5.85. The first kappa shape index (κ1) is 12.3. The summed E-state index contributed by atoms with van der Waals surface area (Å²) in [6, 6.07) is 0.283. The van der Waals surface area contributed by atoms with Crippen LogP contribution in [0, 0.1) is 0 Å². The van der Waals surface area contributed by atoms with Crippen LogP contribution >= 0.6 is 0 Å². The molecule has 0 aromatic carbocycles. The van der Waals surface area contributed by atoms with E-state index in [4.69, 9.17) is 0 Å². The normalized spacial score (nSPS) is 33.8. The van der Waals surface area contributed by atoms with Gasteiger partial charge in [-0.15, -0.1) is 0 Å². The molecular weight excluding hydrogens is 256 g/mol. The van der Waals surface area contributed by atoms with Crippen LogP contribution in [0.2, 0.25) is 0 Å². The molecule has 20 heavy (non-hydrogen) atoms. The second-order valence-electron chi connectivity index (χ2n) is 6.29. The molecule has 6 heteroatoms. The van der Waals surface area contributed by atoms with Gasteiger partial charge in [-0.2, -0.15) is 0 Å². The molecular formula is C14H22N4O2. The fraction of sp³-hybridized carbons (Fsp3) is 0.857. The maximum Gasteiger partial charge on any atom is 0.323 e. The number of nitrogens with zero attached hydrogens (tertiary/aromatic N) is 4. The maximum atomic E-state index is 12.6. The molecule has 4 saturated heterocycles. The first-order chi connectivity index (χ1) is 9.79. The van der Waals surface area contributed by atoms with E-state index in [0.29, 0.717) is 0 Å². The van der Waals surface area contributed by atoms with Crippen molar-refractivity contribution < 1.29 is 9.59 Å². The van der Waals surface area contributed by atoms with Crippen LogP contribution in [-0.2, 0) is 0 Å². The summed E-state index contributed by atoms with van der Waals surface area (Å²) < 4.78 is 0. The van der Waals surface area contributed by atoms with Crippen molar-refractivity contribution in [2.45, 2.75) is 50.9 Å². The first-order valence-electron chi connectivity index (χ1n) is 7.93. The number of urea groups is 2. The van der Waals surface area contributed by atoms with Gasteiger partial charge in [-0.25, -0.2) is 9.59 Å². The second kappa shape index (κ2) is 4.53. The van der Waals surface area contributed by atoms with E-state index in [1.165, 1.54) is 12.8 Å². The molecule has 0 atom stereocenters. The lowest BCUT2D eigenvalue weighted by molar-refractivity contribution is 0.122. The molecule has 0 radical (unpaired) electrons. The summed E-state index contributed by atoms with van der Waals surface area (Å²) >= 11 is 0. The van der Waals surface area contributed by atoms with E-state index < -0.39 is 0 Å². The molecule has 0 N–H and O–H groups in total. The molecule has 0 unspecified atom stereocenters. The van der Waals surface area contributed by atoms with Crippen molar-refractivity contribution >= 4 is 12.1 Å². The third-order valence-corrected chi connectivity index (χ3v) is 5.12. The molecule has 0 aromatic rings. The van der Waals surface area contributed by atoms with Gasteiger partial charge in [-0.1, -0.05) is 0 Å². The molecule has 4 fully saturated rings. The minimum Gasteiger partial charge on any atom is -0.300 e. The quantitative estimate of drug-likeness (QED) is 0.674. The van der Waals surface area contributed by atoms with E-state index in [0.717, 1.165) is 51.9 Å². The first-order valence-corrected chi connectivity index (χ1v) is 7.93. The molecule has 110 valence electrons. The van der Waals surface area contributed by atoms with Crippen molar-refractivity contribution in [3.63, 3.8) is 0 Å². The fourth-order valence-corrected chi connectivity index (χ4v) is 4.16. The molecule has 6 nitrogen and oxygen atoms in total. The highest BCUT2D eigenvalue weighted by atomic mass is 16.2. The van der Waals surface area contributed by atoms with Gasteiger partial charge in [-0.3, -0.25) is 0 Å². The monoisotopic (exact) mass is 278 g/mol. The Labute approximate surface area is 119 Å². The van der Waals surface area contributed by atoms with Crippen LogP contribution in [0.25, 0.3) is 0 Å². The molecule has 4 heterocycles. The summed E-state index contributed by atoms with van der Waals surface area (Å²) in [5, 5.41) is 0. The SMILES string of the molecule is O=C1N2CCCCCN1[C@H]1[C@@H]2N2CCCCCN1C2=O. The van der Waals surface area contributed by atoms with Gasteiger partial charge in [0.15, 0.2) is 0 Å². The van der Waals surface area contributed by atoms with Crippen LogP contribution in [0.3, 0.4) is 0 Å². The summed E-state index contributed by atoms with van der Waals surface area (Å²) in [6.45, 7) is 3.20. The standard InChI is InChI=1S/C14H22N4O2/c19-13-15-7-3-1-4-8-16(13)12-11(15)17-9-5-2-6-10-18(12)14(17)20/h11-12H,1-10H2/t11-,12+. The lowest BCUT2D eigenvalue weighted by atomic mass is 10.2. The predicted molar refractivity (Wildman–Crippen MR) is 72.9 cm³/mol. The Hall–Kier alpha value is -1.46. The summed E-state index contributed by atoms with van der Waals surface area (Å²) in [7, 11) is 0. The second-order valence-corrected chi connectivity index (χ2v) is 6.29. The van der Waals surface area contributed by atoms with Gasteiger partial charge in [0.25, 0.3) is 0 Å². The molecule has 4 aliphatic rings. The van der Waals surface area contributed by atoms with Gasteiger partial charge in [0.1, 0.15) is 12.3 Å².